The van der Waals surface area contributed by atoms with Crippen molar-refractivity contribution < 1.29 is 9.47 Å². The molecule has 0 amide bonds. The van der Waals surface area contributed by atoms with E-state index in [9.17, 15) is 0 Å². The standard InChI is InChI=1S/C15H22N2O2S/c1-10-7-11(2)20-15(17-10)16-9-12-5-6-13(18-3)14(8-12)19-4/h5-6,8,10-11H,7,9H2,1-4H3,(H,16,17). The van der Waals surface area contributed by atoms with Gasteiger partial charge in [-0.1, -0.05) is 24.8 Å². The second-order valence-corrected chi connectivity index (χ2v) is 6.45. The monoisotopic (exact) mass is 294 g/mol. The van der Waals surface area contributed by atoms with Gasteiger partial charge in [0.2, 0.25) is 0 Å². The summed E-state index contributed by atoms with van der Waals surface area (Å²) in [5.74, 6) is 1.49. The van der Waals surface area contributed by atoms with Crippen molar-refractivity contribution in [3.63, 3.8) is 0 Å². The van der Waals surface area contributed by atoms with E-state index < -0.39 is 0 Å². The Bertz CT molecular complexity index is 479. The fourth-order valence-electron chi connectivity index (χ4n) is 2.27. The topological polar surface area (TPSA) is 42.8 Å². The molecular formula is C15H22N2O2S. The highest BCUT2D eigenvalue weighted by molar-refractivity contribution is 8.14. The molecule has 0 spiro atoms. The van der Waals surface area contributed by atoms with E-state index in [0.717, 1.165) is 22.2 Å². The van der Waals surface area contributed by atoms with Crippen LogP contribution in [0, 0.1) is 0 Å². The lowest BCUT2D eigenvalue weighted by atomic mass is 10.2. The lowest BCUT2D eigenvalue weighted by molar-refractivity contribution is 0.354. The molecular weight excluding hydrogens is 272 g/mol. The zero-order chi connectivity index (χ0) is 14.5. The van der Waals surface area contributed by atoms with Crippen LogP contribution in [0.5, 0.6) is 11.5 Å². The average molecular weight is 294 g/mol. The molecule has 5 heteroatoms. The summed E-state index contributed by atoms with van der Waals surface area (Å²) in [6, 6.07) is 6.41. The van der Waals surface area contributed by atoms with Crippen molar-refractivity contribution >= 4 is 16.9 Å². The highest BCUT2D eigenvalue weighted by Crippen LogP contribution is 2.28. The molecule has 1 N–H and O–H groups in total. The second kappa shape index (κ2) is 6.88. The number of benzene rings is 1. The van der Waals surface area contributed by atoms with Gasteiger partial charge in [-0.3, -0.25) is 4.99 Å². The Kier molecular flexibility index (Phi) is 5.17. The van der Waals surface area contributed by atoms with E-state index in [1.165, 1.54) is 6.42 Å². The van der Waals surface area contributed by atoms with Crippen molar-refractivity contribution in [3.8, 4) is 11.5 Å². The summed E-state index contributed by atoms with van der Waals surface area (Å²) in [6.45, 7) is 5.09. The van der Waals surface area contributed by atoms with Crippen LogP contribution >= 0.6 is 11.8 Å². The Morgan fingerprint density at radius 3 is 2.65 bits per heavy atom. The van der Waals surface area contributed by atoms with Gasteiger partial charge in [0.15, 0.2) is 16.7 Å². The molecule has 1 aliphatic rings. The molecule has 0 radical (unpaired) electrons. The van der Waals surface area contributed by atoms with Gasteiger partial charge in [0.05, 0.1) is 20.8 Å². The van der Waals surface area contributed by atoms with Crippen LogP contribution in [-0.4, -0.2) is 30.7 Å². The molecule has 1 heterocycles. The van der Waals surface area contributed by atoms with E-state index in [0.29, 0.717) is 17.8 Å². The molecule has 2 atom stereocenters. The number of thioether (sulfide) groups is 1. The Morgan fingerprint density at radius 1 is 1.25 bits per heavy atom. The number of nitrogens with zero attached hydrogens (tertiary/aromatic N) is 1. The van der Waals surface area contributed by atoms with Crippen molar-refractivity contribution in [2.24, 2.45) is 4.99 Å². The van der Waals surface area contributed by atoms with Crippen LogP contribution in [0.2, 0.25) is 0 Å². The van der Waals surface area contributed by atoms with Gasteiger partial charge in [0.25, 0.3) is 0 Å². The van der Waals surface area contributed by atoms with E-state index in [4.69, 9.17) is 9.47 Å². The molecule has 4 nitrogen and oxygen atoms in total. The number of nitrogens with one attached hydrogen (secondary N) is 1. The second-order valence-electron chi connectivity index (χ2n) is 5.02. The van der Waals surface area contributed by atoms with E-state index in [2.05, 4.69) is 24.2 Å². The van der Waals surface area contributed by atoms with Crippen molar-refractivity contribution in [3.05, 3.63) is 23.8 Å². The SMILES string of the molecule is COc1ccc(CN=C2NC(C)CC(C)S2)cc1OC. The molecule has 0 saturated carbocycles. The van der Waals surface area contributed by atoms with Gasteiger partial charge in [-0.15, -0.1) is 0 Å². The maximum Gasteiger partial charge on any atom is 0.161 e. The maximum absolute atomic E-state index is 5.31. The van der Waals surface area contributed by atoms with Crippen LogP contribution in [0.1, 0.15) is 25.8 Å². The summed E-state index contributed by atoms with van der Waals surface area (Å²) < 4.78 is 10.5. The molecule has 20 heavy (non-hydrogen) atoms. The third kappa shape index (κ3) is 3.82. The Morgan fingerprint density at radius 2 is 2.00 bits per heavy atom. The smallest absolute Gasteiger partial charge is 0.161 e. The summed E-state index contributed by atoms with van der Waals surface area (Å²) in [6.07, 6.45) is 1.18. The zero-order valence-corrected chi connectivity index (χ0v) is 13.3. The molecule has 0 bridgehead atoms. The molecule has 1 aromatic rings. The first-order valence-electron chi connectivity index (χ1n) is 6.81. The molecule has 2 unspecified atom stereocenters. The predicted octanol–water partition coefficient (Wildman–Crippen LogP) is 3.06. The van der Waals surface area contributed by atoms with Crippen molar-refractivity contribution in [1.29, 1.82) is 0 Å². The van der Waals surface area contributed by atoms with Crippen LogP contribution in [-0.2, 0) is 6.54 Å². The van der Waals surface area contributed by atoms with Crippen LogP contribution < -0.4 is 14.8 Å². The van der Waals surface area contributed by atoms with Crippen LogP contribution in [0.15, 0.2) is 23.2 Å². The lowest BCUT2D eigenvalue weighted by Gasteiger charge is -2.26. The zero-order valence-electron chi connectivity index (χ0n) is 12.5. The van der Waals surface area contributed by atoms with E-state index in [-0.39, 0.29) is 0 Å². The summed E-state index contributed by atoms with van der Waals surface area (Å²) in [7, 11) is 3.29. The Hall–Kier alpha value is -1.36. The van der Waals surface area contributed by atoms with Crippen LogP contribution in [0.25, 0.3) is 0 Å². The van der Waals surface area contributed by atoms with Gasteiger partial charge in [-0.25, -0.2) is 0 Å². The normalized spacial score (nSPS) is 24.3. The third-order valence-electron chi connectivity index (χ3n) is 3.22. The van der Waals surface area contributed by atoms with Crippen LogP contribution in [0.3, 0.4) is 0 Å². The summed E-state index contributed by atoms with van der Waals surface area (Å²) in [4.78, 5) is 4.66. The molecule has 1 saturated heterocycles. The molecule has 1 fully saturated rings. The number of aliphatic imine (C=N–C) groups is 1. The quantitative estimate of drug-likeness (QED) is 0.927. The third-order valence-corrected chi connectivity index (χ3v) is 4.29. The van der Waals surface area contributed by atoms with E-state index >= 15 is 0 Å². The van der Waals surface area contributed by atoms with E-state index in [1.807, 2.05) is 30.0 Å². The average Bonchev–Trinajstić information content (AvgIpc) is 2.43. The first kappa shape index (κ1) is 15.0. The number of amidine groups is 1. The van der Waals surface area contributed by atoms with Crippen molar-refractivity contribution in [2.75, 3.05) is 14.2 Å². The molecule has 1 aromatic carbocycles. The first-order chi connectivity index (χ1) is 9.62. The minimum Gasteiger partial charge on any atom is -0.493 e. The minimum absolute atomic E-state index is 0.496. The summed E-state index contributed by atoms with van der Waals surface area (Å²) >= 11 is 1.81. The van der Waals surface area contributed by atoms with Gasteiger partial charge >= 0.3 is 0 Å². The highest BCUT2D eigenvalue weighted by atomic mass is 32.2. The van der Waals surface area contributed by atoms with Crippen LogP contribution in [0.4, 0.5) is 0 Å². The van der Waals surface area contributed by atoms with E-state index in [1.54, 1.807) is 14.2 Å². The first-order valence-corrected chi connectivity index (χ1v) is 7.69. The van der Waals surface area contributed by atoms with Gasteiger partial charge in [0, 0.05) is 11.3 Å². The minimum atomic E-state index is 0.496. The highest BCUT2D eigenvalue weighted by Gasteiger charge is 2.19. The number of ether oxygens (including phenoxy) is 2. The fraction of sp³-hybridized carbons (Fsp3) is 0.533. The molecule has 110 valence electrons. The van der Waals surface area contributed by atoms with Gasteiger partial charge in [0.1, 0.15) is 0 Å². The van der Waals surface area contributed by atoms with Crippen molar-refractivity contribution in [2.45, 2.75) is 38.1 Å². The summed E-state index contributed by atoms with van der Waals surface area (Å²) in [5, 5.41) is 5.08. The van der Waals surface area contributed by atoms with Gasteiger partial charge in [-0.2, -0.15) is 0 Å². The number of hydrogen-bond acceptors (Lipinski definition) is 4. The lowest BCUT2D eigenvalue weighted by Crippen LogP contribution is -2.38. The number of methoxy groups -OCH3 is 2. The molecule has 0 aromatic heterocycles. The molecule has 1 aliphatic heterocycles. The van der Waals surface area contributed by atoms with Crippen molar-refractivity contribution in [1.82, 2.24) is 5.32 Å². The molecule has 2 rings (SSSR count). The number of hydrogen-bond donors (Lipinski definition) is 1. The van der Waals surface area contributed by atoms with Gasteiger partial charge in [-0.05, 0) is 31.0 Å². The number of rotatable bonds is 4. The molecule has 0 aliphatic carbocycles. The van der Waals surface area contributed by atoms with Gasteiger partial charge < -0.3 is 14.8 Å². The maximum atomic E-state index is 5.31. The summed E-state index contributed by atoms with van der Waals surface area (Å²) in [5.41, 5.74) is 1.11. The Balaban J connectivity index is 2.06. The predicted molar refractivity (Wildman–Crippen MR) is 85.0 cm³/mol. The Labute approximate surface area is 125 Å². The largest absolute Gasteiger partial charge is 0.493 e. The fourth-order valence-corrected chi connectivity index (χ4v) is 3.44.